The van der Waals surface area contributed by atoms with Crippen LogP contribution in [0.5, 0.6) is 5.75 Å². The molecule has 13 heteroatoms. The van der Waals surface area contributed by atoms with Crippen LogP contribution in [0.25, 0.3) is 0 Å². The van der Waals surface area contributed by atoms with Crippen molar-refractivity contribution in [2.24, 2.45) is 5.92 Å². The summed E-state index contributed by atoms with van der Waals surface area (Å²) < 4.78 is 71.9. The molecule has 4 rings (SSSR count). The molecule has 7 nitrogen and oxygen atoms in total. The number of ether oxygens (including phenoxy) is 1. The Hall–Kier alpha value is -3.93. The van der Waals surface area contributed by atoms with Crippen molar-refractivity contribution in [3.05, 3.63) is 94.5 Å². The average molecular weight is 598 g/mol. The summed E-state index contributed by atoms with van der Waals surface area (Å²) in [6.07, 6.45) is -4.73. The minimum atomic E-state index is -4.89. The second-order valence-electron chi connectivity index (χ2n) is 9.43. The molecule has 0 saturated heterocycles. The van der Waals surface area contributed by atoms with E-state index in [2.05, 4.69) is 20.5 Å². The Morgan fingerprint density at radius 1 is 1.00 bits per heavy atom. The standard InChI is InChI=1S/C28H25ClF5N3O4/c29-19-10-11-22(35-15-19)23(18-12-20(30)14-21(13-18)40-28(33,34)26(31)32)24(16-6-2-1-3-7-16)36-27(39)37-41-25(38)17-8-4-5-9-17/h1-3,6-7,10-15,17,23-24,26H,4-5,8-9H2,(H2,36,37,39)/t23-,24?/m0/s1. The highest BCUT2D eigenvalue weighted by atomic mass is 35.5. The van der Waals surface area contributed by atoms with Crippen LogP contribution < -0.4 is 15.5 Å². The first-order valence-corrected chi connectivity index (χ1v) is 13.0. The zero-order valence-electron chi connectivity index (χ0n) is 21.3. The van der Waals surface area contributed by atoms with E-state index in [4.69, 9.17) is 16.4 Å². The molecule has 1 heterocycles. The van der Waals surface area contributed by atoms with Gasteiger partial charge >= 0.3 is 24.5 Å². The van der Waals surface area contributed by atoms with Gasteiger partial charge in [0.2, 0.25) is 0 Å². The van der Waals surface area contributed by atoms with E-state index in [-0.39, 0.29) is 22.2 Å². The van der Waals surface area contributed by atoms with Crippen LogP contribution in [0.3, 0.4) is 0 Å². The summed E-state index contributed by atoms with van der Waals surface area (Å²) in [5, 5.41) is 2.92. The molecule has 1 fully saturated rings. The number of halogens is 6. The lowest BCUT2D eigenvalue weighted by molar-refractivity contribution is -0.253. The Bertz CT molecular complexity index is 1340. The van der Waals surface area contributed by atoms with Crippen LogP contribution in [0.1, 0.15) is 54.5 Å². The molecule has 2 atom stereocenters. The maximum absolute atomic E-state index is 14.7. The molecule has 1 aliphatic carbocycles. The number of urea groups is 1. The first-order valence-electron chi connectivity index (χ1n) is 12.6. The minimum Gasteiger partial charge on any atom is -0.428 e. The van der Waals surface area contributed by atoms with E-state index in [0.717, 1.165) is 25.0 Å². The zero-order valence-corrected chi connectivity index (χ0v) is 22.1. The smallest absolute Gasteiger partial charge is 0.428 e. The number of hydrogen-bond acceptors (Lipinski definition) is 5. The van der Waals surface area contributed by atoms with Crippen LogP contribution >= 0.6 is 11.6 Å². The van der Waals surface area contributed by atoms with Crippen molar-refractivity contribution < 1.29 is 41.1 Å². The van der Waals surface area contributed by atoms with Gasteiger partial charge in [0.15, 0.2) is 0 Å². The molecule has 0 radical (unpaired) electrons. The van der Waals surface area contributed by atoms with Crippen LogP contribution in [0.4, 0.5) is 26.7 Å². The van der Waals surface area contributed by atoms with Gasteiger partial charge in [-0.2, -0.15) is 23.0 Å². The molecule has 41 heavy (non-hydrogen) atoms. The van der Waals surface area contributed by atoms with Gasteiger partial charge < -0.3 is 14.9 Å². The van der Waals surface area contributed by atoms with E-state index in [0.29, 0.717) is 24.5 Å². The van der Waals surface area contributed by atoms with Crippen LogP contribution in [0, 0.1) is 11.7 Å². The summed E-state index contributed by atoms with van der Waals surface area (Å²) in [6, 6.07) is 11.7. The Labute approximate surface area is 237 Å². The monoisotopic (exact) mass is 597 g/mol. The molecule has 218 valence electrons. The molecule has 1 aromatic heterocycles. The number of benzene rings is 2. The van der Waals surface area contributed by atoms with E-state index < -0.39 is 48.1 Å². The lowest BCUT2D eigenvalue weighted by Gasteiger charge is -2.29. The van der Waals surface area contributed by atoms with Gasteiger partial charge in [-0.3, -0.25) is 4.98 Å². The molecule has 1 unspecified atom stereocenters. The summed E-state index contributed by atoms with van der Waals surface area (Å²) in [6.45, 7) is 0. The molecule has 2 N–H and O–H groups in total. The number of amides is 2. The summed E-state index contributed by atoms with van der Waals surface area (Å²) >= 11 is 6.00. The third-order valence-electron chi connectivity index (χ3n) is 6.54. The second kappa shape index (κ2) is 13.2. The Kier molecular flexibility index (Phi) is 9.64. The number of nitrogens with one attached hydrogen (secondary N) is 2. The first kappa shape index (κ1) is 30.0. The van der Waals surface area contributed by atoms with Crippen molar-refractivity contribution >= 4 is 23.6 Å². The van der Waals surface area contributed by atoms with Gasteiger partial charge in [0.05, 0.1) is 28.6 Å². The third-order valence-corrected chi connectivity index (χ3v) is 6.76. The lowest BCUT2D eigenvalue weighted by Crippen LogP contribution is -2.42. The van der Waals surface area contributed by atoms with Crippen LogP contribution in [-0.2, 0) is 9.63 Å². The van der Waals surface area contributed by atoms with Gasteiger partial charge in [-0.05, 0) is 48.2 Å². The van der Waals surface area contributed by atoms with E-state index >= 15 is 0 Å². The van der Waals surface area contributed by atoms with Crippen molar-refractivity contribution in [1.29, 1.82) is 0 Å². The van der Waals surface area contributed by atoms with Crippen molar-refractivity contribution in [1.82, 2.24) is 15.8 Å². The third kappa shape index (κ3) is 7.84. The molecule has 2 aromatic carbocycles. The summed E-state index contributed by atoms with van der Waals surface area (Å²) in [7, 11) is 0. The van der Waals surface area contributed by atoms with Gasteiger partial charge in [0.1, 0.15) is 11.6 Å². The average Bonchev–Trinajstić information content (AvgIpc) is 3.48. The van der Waals surface area contributed by atoms with E-state index in [9.17, 15) is 31.5 Å². The van der Waals surface area contributed by atoms with Crippen LogP contribution in [0.2, 0.25) is 5.02 Å². The van der Waals surface area contributed by atoms with Gasteiger partial charge in [-0.1, -0.05) is 54.8 Å². The Morgan fingerprint density at radius 3 is 2.34 bits per heavy atom. The maximum atomic E-state index is 14.7. The van der Waals surface area contributed by atoms with Crippen LogP contribution in [-0.4, -0.2) is 29.5 Å². The minimum absolute atomic E-state index is 0.0445. The molecular formula is C28H25ClF5N3O4. The zero-order chi connectivity index (χ0) is 29.6. The fourth-order valence-corrected chi connectivity index (χ4v) is 4.77. The lowest BCUT2D eigenvalue weighted by atomic mass is 9.84. The molecule has 0 spiro atoms. The Morgan fingerprint density at radius 2 is 1.71 bits per heavy atom. The van der Waals surface area contributed by atoms with Crippen molar-refractivity contribution in [3.63, 3.8) is 0 Å². The molecule has 1 saturated carbocycles. The van der Waals surface area contributed by atoms with Gasteiger partial charge in [0, 0.05) is 12.3 Å². The molecule has 2 amide bonds. The predicted molar refractivity (Wildman–Crippen MR) is 138 cm³/mol. The number of carbonyl (C=O) groups excluding carboxylic acids is 2. The second-order valence-corrected chi connectivity index (χ2v) is 9.87. The summed E-state index contributed by atoms with van der Waals surface area (Å²) in [4.78, 5) is 34.5. The highest BCUT2D eigenvalue weighted by molar-refractivity contribution is 6.30. The summed E-state index contributed by atoms with van der Waals surface area (Å²) in [5.74, 6) is -3.95. The predicted octanol–water partition coefficient (Wildman–Crippen LogP) is 6.93. The number of alkyl halides is 4. The molecular weight excluding hydrogens is 573 g/mol. The number of pyridine rings is 1. The number of hydrogen-bond donors (Lipinski definition) is 2. The number of carbonyl (C=O) groups is 2. The molecule has 0 aliphatic heterocycles. The highest BCUT2D eigenvalue weighted by Gasteiger charge is 2.44. The van der Waals surface area contributed by atoms with E-state index in [1.54, 1.807) is 30.3 Å². The SMILES string of the molecule is O=C(NOC(=O)C1CCCC1)NC(c1ccccc1)[C@@H](c1cc(F)cc(OC(F)(F)C(F)F)c1)c1ccc(Cl)cn1. The molecule has 3 aromatic rings. The van der Waals surface area contributed by atoms with Crippen LogP contribution in [0.15, 0.2) is 66.9 Å². The number of rotatable bonds is 9. The quantitative estimate of drug-likeness (QED) is 0.206. The van der Waals surface area contributed by atoms with Crippen molar-refractivity contribution in [2.75, 3.05) is 0 Å². The number of nitrogens with zero attached hydrogens (tertiary/aromatic N) is 1. The largest absolute Gasteiger partial charge is 0.461 e. The van der Waals surface area contributed by atoms with Gasteiger partial charge in [-0.15, -0.1) is 0 Å². The first-order chi connectivity index (χ1) is 19.5. The van der Waals surface area contributed by atoms with Crippen molar-refractivity contribution in [2.45, 2.75) is 50.2 Å². The van der Waals surface area contributed by atoms with Gasteiger partial charge in [-0.25, -0.2) is 14.0 Å². The molecule has 1 aliphatic rings. The normalized spacial score (nSPS) is 15.3. The van der Waals surface area contributed by atoms with Gasteiger partial charge in [0.25, 0.3) is 0 Å². The highest BCUT2D eigenvalue weighted by Crippen LogP contribution is 2.39. The fraction of sp³-hybridized carbons (Fsp3) is 0.321. The van der Waals surface area contributed by atoms with Crippen molar-refractivity contribution in [3.8, 4) is 5.75 Å². The molecule has 0 bridgehead atoms. The topological polar surface area (TPSA) is 89.5 Å². The van der Waals surface area contributed by atoms with E-state index in [1.807, 2.05) is 0 Å². The fourth-order valence-electron chi connectivity index (χ4n) is 4.66. The number of aromatic nitrogens is 1. The number of hydroxylamine groups is 1. The maximum Gasteiger partial charge on any atom is 0.461 e. The van der Waals surface area contributed by atoms with E-state index in [1.165, 1.54) is 18.3 Å². The Balaban J connectivity index is 1.72. The summed E-state index contributed by atoms with van der Waals surface area (Å²) in [5.41, 5.74) is 2.71.